The molecule has 0 saturated heterocycles. The number of benzene rings is 1. The van der Waals surface area contributed by atoms with Crippen molar-refractivity contribution in [1.29, 1.82) is 0 Å². The summed E-state index contributed by atoms with van der Waals surface area (Å²) in [4.78, 5) is 0. The van der Waals surface area contributed by atoms with Gasteiger partial charge in [0, 0.05) is 5.56 Å². The molecule has 22 heavy (non-hydrogen) atoms. The molecule has 0 saturated carbocycles. The third-order valence-corrected chi connectivity index (χ3v) is 3.85. The van der Waals surface area contributed by atoms with Crippen LogP contribution in [-0.4, -0.2) is 12.2 Å². The maximum absolute atomic E-state index is 9.75. The van der Waals surface area contributed by atoms with E-state index in [9.17, 15) is 5.11 Å². The van der Waals surface area contributed by atoms with Gasteiger partial charge in [-0.1, -0.05) is 53.7 Å². The minimum Gasteiger partial charge on any atom is -0.508 e. The smallest absolute Gasteiger partial charge is 0.125 e. The largest absolute Gasteiger partial charge is 0.508 e. The number of phenolic OH excluding ortho intramolecular Hbond substituents is 1. The summed E-state index contributed by atoms with van der Waals surface area (Å²) in [5.74, 6) is 1.17. The van der Waals surface area contributed by atoms with Crippen molar-refractivity contribution >= 4 is 5.76 Å². The van der Waals surface area contributed by atoms with Gasteiger partial charge in [0.05, 0.1) is 7.11 Å². The van der Waals surface area contributed by atoms with E-state index in [2.05, 4.69) is 41.5 Å². The number of ether oxygens (including phenoxy) is 1. The Morgan fingerprint density at radius 2 is 1.73 bits per heavy atom. The first-order chi connectivity index (χ1) is 10.0. The summed E-state index contributed by atoms with van der Waals surface area (Å²) >= 11 is 0. The Balaban J connectivity index is 3.15. The molecule has 0 aromatic heterocycles. The lowest BCUT2D eigenvalue weighted by molar-refractivity contribution is 0.335. The average molecular weight is 304 g/mol. The zero-order chi connectivity index (χ0) is 17.0. The molecule has 0 unspecified atom stereocenters. The standard InChI is InChI=1S/C20H32O2/c1-19(2,3)13-9-12-17(20(4,5)6)18(22-7)15-10-8-11-16(21)14-15/h8,10-11,14,21H,9,12-13H2,1-7H3/b18-17-. The Kier molecular flexibility index (Phi) is 6.10. The minimum absolute atomic E-state index is 0.0364. The van der Waals surface area contributed by atoms with Crippen molar-refractivity contribution in [1.82, 2.24) is 0 Å². The number of rotatable bonds is 5. The highest BCUT2D eigenvalue weighted by molar-refractivity contribution is 5.65. The molecule has 0 aliphatic rings. The van der Waals surface area contributed by atoms with Crippen molar-refractivity contribution < 1.29 is 9.84 Å². The number of allylic oxidation sites excluding steroid dienone is 1. The number of phenols is 1. The number of hydrogen-bond donors (Lipinski definition) is 1. The fraction of sp³-hybridized carbons (Fsp3) is 0.600. The molecule has 2 heteroatoms. The van der Waals surface area contributed by atoms with Crippen LogP contribution in [0.15, 0.2) is 29.8 Å². The van der Waals surface area contributed by atoms with E-state index in [4.69, 9.17) is 4.74 Å². The zero-order valence-corrected chi connectivity index (χ0v) is 15.3. The monoisotopic (exact) mass is 304 g/mol. The SMILES string of the molecule is CO/C(=C(/CCCC(C)(C)C)C(C)(C)C)c1cccc(O)c1. The van der Waals surface area contributed by atoms with Gasteiger partial charge in [0.15, 0.2) is 0 Å². The van der Waals surface area contributed by atoms with Gasteiger partial charge in [-0.3, -0.25) is 0 Å². The van der Waals surface area contributed by atoms with Gasteiger partial charge < -0.3 is 9.84 Å². The van der Waals surface area contributed by atoms with E-state index in [1.54, 1.807) is 19.2 Å². The molecule has 0 aliphatic carbocycles. The highest BCUT2D eigenvalue weighted by Gasteiger charge is 2.23. The highest BCUT2D eigenvalue weighted by atomic mass is 16.5. The van der Waals surface area contributed by atoms with Gasteiger partial charge >= 0.3 is 0 Å². The molecule has 1 aromatic rings. The maximum atomic E-state index is 9.75. The summed E-state index contributed by atoms with van der Waals surface area (Å²) in [5.41, 5.74) is 2.64. The van der Waals surface area contributed by atoms with Crippen LogP contribution in [-0.2, 0) is 4.74 Å². The van der Waals surface area contributed by atoms with Crippen LogP contribution in [0.3, 0.4) is 0 Å². The first-order valence-electron chi connectivity index (χ1n) is 8.11. The molecule has 0 radical (unpaired) electrons. The minimum atomic E-state index is 0.0364. The van der Waals surface area contributed by atoms with E-state index in [0.29, 0.717) is 5.41 Å². The van der Waals surface area contributed by atoms with Gasteiger partial charge in [-0.05, 0) is 47.8 Å². The van der Waals surface area contributed by atoms with Crippen LogP contribution in [0.2, 0.25) is 0 Å². The fourth-order valence-corrected chi connectivity index (χ4v) is 2.69. The van der Waals surface area contributed by atoms with E-state index in [-0.39, 0.29) is 11.2 Å². The summed E-state index contributed by atoms with van der Waals surface area (Å²) in [6.07, 6.45) is 3.34. The van der Waals surface area contributed by atoms with Crippen molar-refractivity contribution in [3.05, 3.63) is 35.4 Å². The van der Waals surface area contributed by atoms with Crippen LogP contribution in [0.25, 0.3) is 5.76 Å². The third-order valence-electron chi connectivity index (χ3n) is 3.85. The van der Waals surface area contributed by atoms with Crippen LogP contribution in [0, 0.1) is 10.8 Å². The zero-order valence-electron chi connectivity index (χ0n) is 15.3. The molecule has 1 N–H and O–H groups in total. The van der Waals surface area contributed by atoms with Crippen LogP contribution in [0.4, 0.5) is 0 Å². The average Bonchev–Trinajstić information content (AvgIpc) is 2.35. The second-order valence-electron chi connectivity index (χ2n) is 8.23. The van der Waals surface area contributed by atoms with Crippen LogP contribution >= 0.6 is 0 Å². The van der Waals surface area contributed by atoms with Crippen molar-refractivity contribution in [2.75, 3.05) is 7.11 Å². The summed E-state index contributed by atoms with van der Waals surface area (Å²) in [6, 6.07) is 7.31. The normalized spacial score (nSPS) is 13.8. The Morgan fingerprint density at radius 1 is 1.09 bits per heavy atom. The van der Waals surface area contributed by atoms with Crippen LogP contribution in [0.5, 0.6) is 5.75 Å². The lowest BCUT2D eigenvalue weighted by Gasteiger charge is -2.28. The second kappa shape index (κ2) is 7.21. The Labute approximate surface area is 136 Å². The molecule has 0 aliphatic heterocycles. The molecular weight excluding hydrogens is 272 g/mol. The highest BCUT2D eigenvalue weighted by Crippen LogP contribution is 2.38. The van der Waals surface area contributed by atoms with Gasteiger partial charge in [-0.25, -0.2) is 0 Å². The van der Waals surface area contributed by atoms with Crippen molar-refractivity contribution in [3.8, 4) is 5.75 Å². The van der Waals surface area contributed by atoms with Crippen molar-refractivity contribution in [3.63, 3.8) is 0 Å². The lowest BCUT2D eigenvalue weighted by Crippen LogP contribution is -2.14. The van der Waals surface area contributed by atoms with Crippen molar-refractivity contribution in [2.45, 2.75) is 60.8 Å². The topological polar surface area (TPSA) is 29.5 Å². The number of methoxy groups -OCH3 is 1. The van der Waals surface area contributed by atoms with Crippen LogP contribution in [0.1, 0.15) is 66.4 Å². The van der Waals surface area contributed by atoms with Gasteiger partial charge in [0.2, 0.25) is 0 Å². The molecule has 124 valence electrons. The summed E-state index contributed by atoms with van der Waals surface area (Å²) < 4.78 is 5.73. The second-order valence-corrected chi connectivity index (χ2v) is 8.23. The summed E-state index contributed by atoms with van der Waals surface area (Å²) in [6.45, 7) is 13.5. The van der Waals surface area contributed by atoms with E-state index in [0.717, 1.165) is 24.2 Å². The predicted molar refractivity (Wildman–Crippen MR) is 94.8 cm³/mol. The quantitative estimate of drug-likeness (QED) is 0.675. The first-order valence-corrected chi connectivity index (χ1v) is 8.11. The number of aromatic hydroxyl groups is 1. The van der Waals surface area contributed by atoms with Gasteiger partial charge in [0.1, 0.15) is 11.5 Å². The molecular formula is C20H32O2. The van der Waals surface area contributed by atoms with E-state index in [1.165, 1.54) is 12.0 Å². The summed E-state index contributed by atoms with van der Waals surface area (Å²) in [5, 5.41) is 9.75. The molecule has 1 rings (SSSR count). The molecule has 0 atom stereocenters. The first kappa shape index (κ1) is 18.6. The Bertz CT molecular complexity index is 513. The summed E-state index contributed by atoms with van der Waals surface area (Å²) in [7, 11) is 1.72. The van der Waals surface area contributed by atoms with E-state index >= 15 is 0 Å². The van der Waals surface area contributed by atoms with Crippen LogP contribution < -0.4 is 0 Å². The number of hydrogen-bond acceptors (Lipinski definition) is 2. The molecule has 0 bridgehead atoms. The molecule has 0 amide bonds. The molecule has 1 aromatic carbocycles. The van der Waals surface area contributed by atoms with Gasteiger partial charge in [0.25, 0.3) is 0 Å². The van der Waals surface area contributed by atoms with Crippen molar-refractivity contribution in [2.24, 2.45) is 10.8 Å². The third kappa shape index (κ3) is 5.75. The molecule has 0 fully saturated rings. The Hall–Kier alpha value is -1.44. The van der Waals surface area contributed by atoms with Gasteiger partial charge in [-0.2, -0.15) is 0 Å². The Morgan fingerprint density at radius 3 is 2.18 bits per heavy atom. The lowest BCUT2D eigenvalue weighted by atomic mass is 9.79. The predicted octanol–water partition coefficient (Wildman–Crippen LogP) is 6.01. The van der Waals surface area contributed by atoms with E-state index in [1.807, 2.05) is 12.1 Å². The maximum Gasteiger partial charge on any atom is 0.125 e. The molecule has 0 spiro atoms. The van der Waals surface area contributed by atoms with E-state index < -0.39 is 0 Å². The molecule has 0 heterocycles. The van der Waals surface area contributed by atoms with Gasteiger partial charge in [-0.15, -0.1) is 0 Å². The molecule has 2 nitrogen and oxygen atoms in total. The fourth-order valence-electron chi connectivity index (χ4n) is 2.69.